The van der Waals surface area contributed by atoms with Gasteiger partial charge in [0.05, 0.1) is 7.11 Å². The number of aromatic nitrogens is 1. The Kier molecular flexibility index (Phi) is 4.13. The topological polar surface area (TPSA) is 72.6 Å². The van der Waals surface area contributed by atoms with Crippen molar-refractivity contribution in [2.45, 2.75) is 38.0 Å². The van der Waals surface area contributed by atoms with Crippen LogP contribution in [0.5, 0.6) is 5.75 Å². The molecule has 0 spiro atoms. The van der Waals surface area contributed by atoms with Crippen molar-refractivity contribution in [2.24, 2.45) is 0 Å². The van der Waals surface area contributed by atoms with Crippen molar-refractivity contribution in [2.75, 3.05) is 7.11 Å². The van der Waals surface area contributed by atoms with Gasteiger partial charge in [0, 0.05) is 11.6 Å². The Hall–Kier alpha value is -2.30. The molecule has 1 fully saturated rings. The SMILES string of the molecule is COc1ccc(-c2cc(C(=O)O)no2)cc1C1CCCCC1. The van der Waals surface area contributed by atoms with Crippen LogP contribution >= 0.6 is 0 Å². The predicted octanol–water partition coefficient (Wildman–Crippen LogP) is 4.10. The van der Waals surface area contributed by atoms with E-state index in [1.54, 1.807) is 7.11 Å². The molecule has 0 radical (unpaired) electrons. The van der Waals surface area contributed by atoms with Crippen LogP contribution in [-0.2, 0) is 0 Å². The van der Waals surface area contributed by atoms with Crippen LogP contribution in [0.4, 0.5) is 0 Å². The van der Waals surface area contributed by atoms with Gasteiger partial charge in [-0.05, 0) is 42.5 Å². The third-order valence-corrected chi connectivity index (χ3v) is 4.29. The number of carboxylic acid groups (broad SMARTS) is 1. The lowest BCUT2D eigenvalue weighted by Gasteiger charge is -2.24. The largest absolute Gasteiger partial charge is 0.496 e. The van der Waals surface area contributed by atoms with Gasteiger partial charge in [0.1, 0.15) is 5.75 Å². The first-order chi connectivity index (χ1) is 10.7. The van der Waals surface area contributed by atoms with Crippen molar-refractivity contribution >= 4 is 5.97 Å². The van der Waals surface area contributed by atoms with Crippen molar-refractivity contribution < 1.29 is 19.2 Å². The van der Waals surface area contributed by atoms with Crippen LogP contribution in [0, 0.1) is 0 Å². The summed E-state index contributed by atoms with van der Waals surface area (Å²) < 4.78 is 10.6. The number of carboxylic acids is 1. The van der Waals surface area contributed by atoms with Gasteiger partial charge in [-0.2, -0.15) is 0 Å². The minimum atomic E-state index is -1.09. The van der Waals surface area contributed by atoms with Gasteiger partial charge < -0.3 is 14.4 Å². The first kappa shape index (κ1) is 14.6. The van der Waals surface area contributed by atoms with E-state index in [-0.39, 0.29) is 5.69 Å². The molecule has 0 amide bonds. The van der Waals surface area contributed by atoms with Crippen molar-refractivity contribution in [3.63, 3.8) is 0 Å². The Morgan fingerprint density at radius 1 is 1.27 bits per heavy atom. The van der Waals surface area contributed by atoms with E-state index in [1.807, 2.05) is 18.2 Å². The van der Waals surface area contributed by atoms with Crippen molar-refractivity contribution in [1.29, 1.82) is 0 Å². The lowest BCUT2D eigenvalue weighted by molar-refractivity contribution is 0.0686. The number of rotatable bonds is 4. The summed E-state index contributed by atoms with van der Waals surface area (Å²) in [5.74, 6) is 0.757. The highest BCUT2D eigenvalue weighted by Crippen LogP contribution is 2.39. The molecule has 1 saturated carbocycles. The van der Waals surface area contributed by atoms with Gasteiger partial charge >= 0.3 is 5.97 Å². The zero-order valence-electron chi connectivity index (χ0n) is 12.5. The molecule has 0 saturated heterocycles. The number of aromatic carboxylic acids is 1. The van der Waals surface area contributed by atoms with Crippen LogP contribution in [-0.4, -0.2) is 23.3 Å². The molecule has 0 aliphatic heterocycles. The lowest BCUT2D eigenvalue weighted by atomic mass is 9.83. The van der Waals surface area contributed by atoms with Crippen molar-refractivity contribution in [3.05, 3.63) is 35.5 Å². The minimum Gasteiger partial charge on any atom is -0.496 e. The summed E-state index contributed by atoms with van der Waals surface area (Å²) in [6, 6.07) is 7.29. The minimum absolute atomic E-state index is 0.0787. The van der Waals surface area contributed by atoms with Gasteiger partial charge in [0.2, 0.25) is 0 Å². The molecule has 1 N–H and O–H groups in total. The molecule has 3 rings (SSSR count). The monoisotopic (exact) mass is 301 g/mol. The predicted molar refractivity (Wildman–Crippen MR) is 81.3 cm³/mol. The number of carbonyl (C=O) groups is 1. The molecule has 2 aromatic rings. The van der Waals surface area contributed by atoms with Gasteiger partial charge in [0.25, 0.3) is 0 Å². The fourth-order valence-electron chi connectivity index (χ4n) is 3.13. The molecule has 0 atom stereocenters. The van der Waals surface area contributed by atoms with E-state index in [9.17, 15) is 4.79 Å². The molecule has 1 aliphatic rings. The Morgan fingerprint density at radius 2 is 2.05 bits per heavy atom. The maximum atomic E-state index is 10.9. The van der Waals surface area contributed by atoms with Crippen LogP contribution in [0.15, 0.2) is 28.8 Å². The first-order valence-corrected chi connectivity index (χ1v) is 7.57. The molecule has 1 aromatic carbocycles. The second-order valence-electron chi connectivity index (χ2n) is 5.67. The average Bonchev–Trinajstić information content (AvgIpc) is 3.05. The fraction of sp³-hybridized carbons (Fsp3) is 0.412. The number of benzene rings is 1. The number of nitrogens with zero attached hydrogens (tertiary/aromatic N) is 1. The molecule has 5 heteroatoms. The Bertz CT molecular complexity index is 671. The Balaban J connectivity index is 1.96. The summed E-state index contributed by atoms with van der Waals surface area (Å²) in [7, 11) is 1.68. The molecule has 1 heterocycles. The van der Waals surface area contributed by atoms with Gasteiger partial charge in [-0.1, -0.05) is 24.4 Å². The summed E-state index contributed by atoms with van der Waals surface area (Å²) in [5.41, 5.74) is 1.93. The molecule has 22 heavy (non-hydrogen) atoms. The number of ether oxygens (including phenoxy) is 1. The third-order valence-electron chi connectivity index (χ3n) is 4.29. The van der Waals surface area contributed by atoms with Crippen LogP contribution in [0.2, 0.25) is 0 Å². The van der Waals surface area contributed by atoms with E-state index >= 15 is 0 Å². The van der Waals surface area contributed by atoms with E-state index < -0.39 is 5.97 Å². The third kappa shape index (κ3) is 2.84. The number of methoxy groups -OCH3 is 1. The zero-order valence-corrected chi connectivity index (χ0v) is 12.5. The second-order valence-corrected chi connectivity index (χ2v) is 5.67. The normalized spacial score (nSPS) is 15.7. The zero-order chi connectivity index (χ0) is 15.5. The summed E-state index contributed by atoms with van der Waals surface area (Å²) >= 11 is 0. The maximum absolute atomic E-state index is 10.9. The molecular formula is C17H19NO4. The molecule has 1 aliphatic carbocycles. The molecule has 1 aromatic heterocycles. The van der Waals surface area contributed by atoms with Gasteiger partial charge in [0.15, 0.2) is 11.5 Å². The average molecular weight is 301 g/mol. The van der Waals surface area contributed by atoms with E-state index in [4.69, 9.17) is 14.4 Å². The van der Waals surface area contributed by atoms with Gasteiger partial charge in [-0.15, -0.1) is 0 Å². The molecule has 0 unspecified atom stereocenters. The summed E-state index contributed by atoms with van der Waals surface area (Å²) in [5, 5.41) is 12.5. The Morgan fingerprint density at radius 3 is 2.68 bits per heavy atom. The van der Waals surface area contributed by atoms with Crippen molar-refractivity contribution in [1.82, 2.24) is 5.16 Å². The first-order valence-electron chi connectivity index (χ1n) is 7.57. The maximum Gasteiger partial charge on any atom is 0.358 e. The second kappa shape index (κ2) is 6.22. The fourth-order valence-corrected chi connectivity index (χ4v) is 3.13. The van der Waals surface area contributed by atoms with Crippen LogP contribution < -0.4 is 4.74 Å². The van der Waals surface area contributed by atoms with E-state index in [2.05, 4.69) is 5.16 Å². The highest BCUT2D eigenvalue weighted by Gasteiger charge is 2.21. The van der Waals surface area contributed by atoms with E-state index in [0.717, 1.165) is 24.2 Å². The number of hydrogen-bond donors (Lipinski definition) is 1. The van der Waals surface area contributed by atoms with Crippen LogP contribution in [0.3, 0.4) is 0 Å². The smallest absolute Gasteiger partial charge is 0.358 e. The highest BCUT2D eigenvalue weighted by molar-refractivity contribution is 5.86. The molecular weight excluding hydrogens is 282 g/mol. The van der Waals surface area contributed by atoms with Crippen LogP contribution in [0.1, 0.15) is 54.1 Å². The van der Waals surface area contributed by atoms with E-state index in [0.29, 0.717) is 11.7 Å². The number of hydrogen-bond acceptors (Lipinski definition) is 4. The van der Waals surface area contributed by atoms with Crippen LogP contribution in [0.25, 0.3) is 11.3 Å². The van der Waals surface area contributed by atoms with E-state index in [1.165, 1.54) is 30.9 Å². The quantitative estimate of drug-likeness (QED) is 0.920. The summed E-state index contributed by atoms with van der Waals surface area (Å²) in [4.78, 5) is 10.9. The molecule has 0 bridgehead atoms. The molecule has 5 nitrogen and oxygen atoms in total. The van der Waals surface area contributed by atoms with Gasteiger partial charge in [-0.3, -0.25) is 0 Å². The van der Waals surface area contributed by atoms with Crippen molar-refractivity contribution in [3.8, 4) is 17.1 Å². The highest BCUT2D eigenvalue weighted by atomic mass is 16.5. The lowest BCUT2D eigenvalue weighted by Crippen LogP contribution is -2.06. The van der Waals surface area contributed by atoms with Gasteiger partial charge in [-0.25, -0.2) is 4.79 Å². The summed E-state index contributed by atoms with van der Waals surface area (Å²) in [6.45, 7) is 0. The molecule has 116 valence electrons. The standard InChI is InChI=1S/C17H19NO4/c1-21-15-8-7-12(16-10-14(17(19)20)18-22-16)9-13(15)11-5-3-2-4-6-11/h7-11H,2-6H2,1H3,(H,19,20). The Labute approximate surface area is 128 Å². The summed E-state index contributed by atoms with van der Waals surface area (Å²) in [6.07, 6.45) is 6.10.